The zero-order valence-electron chi connectivity index (χ0n) is 8.84. The first-order valence-electron chi connectivity index (χ1n) is 4.36. The minimum absolute atomic E-state index is 0.161. The quantitative estimate of drug-likeness (QED) is 0.781. The van der Waals surface area contributed by atoms with E-state index in [2.05, 4.69) is 9.47 Å². The van der Waals surface area contributed by atoms with Crippen molar-refractivity contribution < 1.29 is 27.4 Å². The molecule has 18 heavy (non-hydrogen) atoms. The van der Waals surface area contributed by atoms with Gasteiger partial charge in [0, 0.05) is 6.07 Å². The van der Waals surface area contributed by atoms with Crippen molar-refractivity contribution in [2.45, 2.75) is 6.36 Å². The van der Waals surface area contributed by atoms with Crippen LogP contribution in [0.5, 0.6) is 5.75 Å². The highest BCUT2D eigenvalue weighted by Crippen LogP contribution is 2.31. The van der Waals surface area contributed by atoms with Crippen LogP contribution in [0.3, 0.4) is 0 Å². The standard InChI is InChI=1S/C10H5ClF3NO3/c1-17-9(16)6-2-5(4-15)7(11)3-8(6)18-10(12,13)14/h2-3H,1H3. The van der Waals surface area contributed by atoms with Gasteiger partial charge in [0.05, 0.1) is 17.7 Å². The predicted octanol–water partition coefficient (Wildman–Crippen LogP) is 2.90. The first-order chi connectivity index (χ1) is 8.28. The molecule has 0 bridgehead atoms. The van der Waals surface area contributed by atoms with Crippen LogP contribution < -0.4 is 4.74 Å². The summed E-state index contributed by atoms with van der Waals surface area (Å²) in [5.74, 6) is -1.89. The summed E-state index contributed by atoms with van der Waals surface area (Å²) < 4.78 is 44.3. The minimum atomic E-state index is -4.99. The molecule has 8 heteroatoms. The highest BCUT2D eigenvalue weighted by atomic mass is 35.5. The fourth-order valence-corrected chi connectivity index (χ4v) is 1.32. The van der Waals surface area contributed by atoms with Crippen LogP contribution in [0.4, 0.5) is 13.2 Å². The van der Waals surface area contributed by atoms with E-state index in [9.17, 15) is 18.0 Å². The van der Waals surface area contributed by atoms with Gasteiger partial charge in [0.15, 0.2) is 0 Å². The number of carbonyl (C=O) groups excluding carboxylic acids is 1. The molecule has 0 aliphatic carbocycles. The van der Waals surface area contributed by atoms with Crippen molar-refractivity contribution in [3.63, 3.8) is 0 Å². The topological polar surface area (TPSA) is 59.3 Å². The lowest BCUT2D eigenvalue weighted by atomic mass is 10.1. The normalized spacial score (nSPS) is 10.7. The number of alkyl halides is 3. The molecule has 0 aliphatic heterocycles. The maximum Gasteiger partial charge on any atom is 0.573 e. The Morgan fingerprint density at radius 2 is 2.06 bits per heavy atom. The summed E-state index contributed by atoms with van der Waals surface area (Å²) in [7, 11) is 0.986. The molecule has 0 heterocycles. The van der Waals surface area contributed by atoms with Gasteiger partial charge in [0.2, 0.25) is 0 Å². The van der Waals surface area contributed by atoms with E-state index in [0.29, 0.717) is 0 Å². The predicted molar refractivity (Wildman–Crippen MR) is 54.2 cm³/mol. The highest BCUT2D eigenvalue weighted by Gasteiger charge is 2.33. The van der Waals surface area contributed by atoms with E-state index >= 15 is 0 Å². The molecule has 0 unspecified atom stereocenters. The first-order valence-corrected chi connectivity index (χ1v) is 4.74. The van der Waals surface area contributed by atoms with Crippen LogP contribution in [0, 0.1) is 11.3 Å². The fourth-order valence-electron chi connectivity index (χ4n) is 1.12. The largest absolute Gasteiger partial charge is 0.573 e. The lowest BCUT2D eigenvalue weighted by Crippen LogP contribution is -2.19. The molecule has 0 saturated heterocycles. The summed E-state index contributed by atoms with van der Waals surface area (Å²) in [6, 6.07) is 3.23. The maximum atomic E-state index is 12.1. The van der Waals surface area contributed by atoms with Crippen LogP contribution in [-0.2, 0) is 4.74 Å². The molecular weight excluding hydrogens is 275 g/mol. The van der Waals surface area contributed by atoms with Gasteiger partial charge in [-0.2, -0.15) is 5.26 Å². The summed E-state index contributed by atoms with van der Waals surface area (Å²) >= 11 is 5.56. The Morgan fingerprint density at radius 1 is 1.44 bits per heavy atom. The fraction of sp³-hybridized carbons (Fsp3) is 0.200. The number of hydrogen-bond acceptors (Lipinski definition) is 4. The van der Waals surface area contributed by atoms with E-state index in [0.717, 1.165) is 19.2 Å². The Bertz CT molecular complexity index is 522. The van der Waals surface area contributed by atoms with Crippen molar-refractivity contribution in [3.8, 4) is 11.8 Å². The van der Waals surface area contributed by atoms with Crippen LogP contribution >= 0.6 is 11.6 Å². The van der Waals surface area contributed by atoms with Gasteiger partial charge in [-0.25, -0.2) is 4.79 Å². The van der Waals surface area contributed by atoms with Crippen LogP contribution in [-0.4, -0.2) is 19.4 Å². The van der Waals surface area contributed by atoms with Crippen LogP contribution in [0.25, 0.3) is 0 Å². The smallest absolute Gasteiger partial charge is 0.465 e. The molecule has 1 aromatic carbocycles. The van der Waals surface area contributed by atoms with Gasteiger partial charge in [-0.3, -0.25) is 0 Å². The molecule has 0 aliphatic rings. The van der Waals surface area contributed by atoms with E-state index in [1.807, 2.05) is 0 Å². The summed E-state index contributed by atoms with van der Waals surface area (Å²) in [6.45, 7) is 0. The van der Waals surface area contributed by atoms with E-state index in [1.54, 1.807) is 6.07 Å². The van der Waals surface area contributed by atoms with Gasteiger partial charge < -0.3 is 9.47 Å². The Kier molecular flexibility index (Phi) is 4.03. The number of halogens is 4. The van der Waals surface area contributed by atoms with Gasteiger partial charge in [-0.05, 0) is 6.07 Å². The monoisotopic (exact) mass is 279 g/mol. The second kappa shape index (κ2) is 5.14. The van der Waals surface area contributed by atoms with E-state index < -0.39 is 23.6 Å². The zero-order valence-corrected chi connectivity index (χ0v) is 9.59. The number of rotatable bonds is 2. The number of methoxy groups -OCH3 is 1. The second-order valence-corrected chi connectivity index (χ2v) is 3.39. The van der Waals surface area contributed by atoms with Gasteiger partial charge in [-0.15, -0.1) is 13.2 Å². The third-order valence-corrected chi connectivity index (χ3v) is 2.13. The third-order valence-electron chi connectivity index (χ3n) is 1.82. The third kappa shape index (κ3) is 3.28. The number of esters is 1. The van der Waals surface area contributed by atoms with E-state index in [-0.39, 0.29) is 10.6 Å². The summed E-state index contributed by atoms with van der Waals surface area (Å²) in [4.78, 5) is 11.3. The summed E-state index contributed by atoms with van der Waals surface area (Å²) in [5.41, 5.74) is -0.692. The number of benzene rings is 1. The summed E-state index contributed by atoms with van der Waals surface area (Å²) in [6.07, 6.45) is -4.99. The highest BCUT2D eigenvalue weighted by molar-refractivity contribution is 6.32. The van der Waals surface area contributed by atoms with E-state index in [1.165, 1.54) is 0 Å². The zero-order chi connectivity index (χ0) is 13.9. The first kappa shape index (κ1) is 14.1. The van der Waals surface area contributed by atoms with Gasteiger partial charge in [0.1, 0.15) is 17.4 Å². The van der Waals surface area contributed by atoms with Gasteiger partial charge in [-0.1, -0.05) is 11.6 Å². The Hall–Kier alpha value is -1.94. The Balaban J connectivity index is 3.35. The molecule has 0 aromatic heterocycles. The van der Waals surface area contributed by atoms with Gasteiger partial charge >= 0.3 is 12.3 Å². The lowest BCUT2D eigenvalue weighted by molar-refractivity contribution is -0.274. The maximum absolute atomic E-state index is 12.1. The van der Waals surface area contributed by atoms with Crippen molar-refractivity contribution in [1.82, 2.24) is 0 Å². The van der Waals surface area contributed by atoms with Crippen LogP contribution in [0.15, 0.2) is 12.1 Å². The van der Waals surface area contributed by atoms with Crippen molar-refractivity contribution >= 4 is 17.6 Å². The minimum Gasteiger partial charge on any atom is -0.465 e. The van der Waals surface area contributed by atoms with Crippen molar-refractivity contribution in [1.29, 1.82) is 5.26 Å². The van der Waals surface area contributed by atoms with E-state index in [4.69, 9.17) is 16.9 Å². The lowest BCUT2D eigenvalue weighted by Gasteiger charge is -2.13. The molecule has 1 aromatic rings. The van der Waals surface area contributed by atoms with Crippen LogP contribution in [0.2, 0.25) is 5.02 Å². The molecule has 0 spiro atoms. The van der Waals surface area contributed by atoms with Crippen molar-refractivity contribution in [3.05, 3.63) is 28.3 Å². The molecular formula is C10H5ClF3NO3. The van der Waals surface area contributed by atoms with Crippen molar-refractivity contribution in [2.24, 2.45) is 0 Å². The average Bonchev–Trinajstić information content (AvgIpc) is 2.26. The molecule has 0 fully saturated rings. The Morgan fingerprint density at radius 3 is 2.50 bits per heavy atom. The molecule has 0 saturated carbocycles. The van der Waals surface area contributed by atoms with Crippen molar-refractivity contribution in [2.75, 3.05) is 7.11 Å². The number of nitrogens with zero attached hydrogens (tertiary/aromatic N) is 1. The molecule has 0 amide bonds. The van der Waals surface area contributed by atoms with Crippen LogP contribution in [0.1, 0.15) is 15.9 Å². The molecule has 0 N–H and O–H groups in total. The SMILES string of the molecule is COC(=O)c1cc(C#N)c(Cl)cc1OC(F)(F)F. The number of hydrogen-bond donors (Lipinski definition) is 0. The molecule has 96 valence electrons. The molecule has 0 radical (unpaired) electrons. The van der Waals surface area contributed by atoms with Gasteiger partial charge in [0.25, 0.3) is 0 Å². The average molecular weight is 280 g/mol. The summed E-state index contributed by atoms with van der Waals surface area (Å²) in [5, 5.41) is 8.41. The Labute approximate surface area is 104 Å². The molecule has 0 atom stereocenters. The number of ether oxygens (including phenoxy) is 2. The molecule has 1 rings (SSSR count). The second-order valence-electron chi connectivity index (χ2n) is 2.98. The molecule has 4 nitrogen and oxygen atoms in total. The number of carbonyl (C=O) groups is 1. The number of nitriles is 1.